The van der Waals surface area contributed by atoms with Gasteiger partial charge in [0.05, 0.1) is 12.6 Å². The van der Waals surface area contributed by atoms with Crippen LogP contribution in [-0.2, 0) is 9.59 Å². The lowest BCUT2D eigenvalue weighted by atomic mass is 9.83. The molecule has 0 bridgehead atoms. The quantitative estimate of drug-likeness (QED) is 0.408. The number of ether oxygens (including phenoxy) is 1. The van der Waals surface area contributed by atoms with Crippen molar-refractivity contribution in [2.24, 2.45) is 5.92 Å². The third-order valence-electron chi connectivity index (χ3n) is 8.40. The second-order valence-corrected chi connectivity index (χ2v) is 11.0. The molecule has 1 aromatic carbocycles. The maximum Gasteiger partial charge on any atom is 0.269 e. The van der Waals surface area contributed by atoms with Gasteiger partial charge in [0.1, 0.15) is 5.67 Å². The van der Waals surface area contributed by atoms with Crippen molar-refractivity contribution in [3.63, 3.8) is 0 Å². The molecule has 1 aromatic rings. The highest BCUT2D eigenvalue weighted by Gasteiger charge is 2.44. The molecule has 0 aromatic heterocycles. The maximum atomic E-state index is 16.1. The monoisotopic (exact) mass is 547 g/mol. The third kappa shape index (κ3) is 6.92. The molecule has 0 spiro atoms. The fourth-order valence-electron chi connectivity index (χ4n) is 5.56. The molecule has 2 saturated heterocycles. The number of halogens is 3. The number of alkyl halides is 2. The Hall–Kier alpha value is -2.65. The number of likely N-dealkylation sites (tertiary alicyclic amines) is 1. The predicted molar refractivity (Wildman–Crippen MR) is 145 cm³/mol. The topological polar surface area (TPSA) is 70.7 Å². The van der Waals surface area contributed by atoms with E-state index >= 15 is 8.78 Å². The van der Waals surface area contributed by atoms with E-state index in [1.165, 1.54) is 30.4 Å². The van der Waals surface area contributed by atoms with Crippen molar-refractivity contribution in [1.29, 1.82) is 0 Å². The van der Waals surface area contributed by atoms with Gasteiger partial charge >= 0.3 is 0 Å². The Morgan fingerprint density at radius 2 is 1.95 bits per heavy atom. The van der Waals surface area contributed by atoms with E-state index in [4.69, 9.17) is 4.74 Å². The average Bonchev–Trinajstić information content (AvgIpc) is 3.49. The number of nitrogens with zero attached hydrogens (tertiary/aromatic N) is 1. The zero-order valence-electron chi connectivity index (χ0n) is 22.9. The van der Waals surface area contributed by atoms with Crippen LogP contribution in [0.25, 0.3) is 5.57 Å². The van der Waals surface area contributed by atoms with Crippen LogP contribution in [0.5, 0.6) is 5.75 Å². The lowest BCUT2D eigenvalue weighted by Crippen LogP contribution is -2.51. The summed E-state index contributed by atoms with van der Waals surface area (Å²) in [5.41, 5.74) is -3.45. The lowest BCUT2D eigenvalue weighted by molar-refractivity contribution is -0.136. The van der Waals surface area contributed by atoms with Gasteiger partial charge in [-0.2, -0.15) is 0 Å². The van der Waals surface area contributed by atoms with E-state index in [0.29, 0.717) is 39.0 Å². The summed E-state index contributed by atoms with van der Waals surface area (Å²) in [5.74, 6) is -1.96. The highest BCUT2D eigenvalue weighted by Crippen LogP contribution is 2.38. The van der Waals surface area contributed by atoms with Gasteiger partial charge in [-0.3, -0.25) is 14.9 Å². The number of nitrogens with one attached hydrogen (secondary N) is 2. The molecule has 9 heteroatoms. The van der Waals surface area contributed by atoms with Crippen LogP contribution in [0.4, 0.5) is 13.2 Å². The molecule has 3 aliphatic rings. The first-order chi connectivity index (χ1) is 18.7. The Morgan fingerprint density at radius 3 is 2.59 bits per heavy atom. The summed E-state index contributed by atoms with van der Waals surface area (Å²) in [4.78, 5) is 27.4. The van der Waals surface area contributed by atoms with Crippen LogP contribution in [0.2, 0.25) is 0 Å². The number of amides is 2. The van der Waals surface area contributed by atoms with Gasteiger partial charge in [0.2, 0.25) is 11.6 Å². The number of imide groups is 1. The number of rotatable bonds is 10. The molecule has 39 heavy (non-hydrogen) atoms. The van der Waals surface area contributed by atoms with Crippen LogP contribution in [-0.4, -0.2) is 66.9 Å². The average molecular weight is 548 g/mol. The molecular formula is C30H40F3N3O3. The van der Waals surface area contributed by atoms with Crippen LogP contribution in [0.3, 0.4) is 0 Å². The molecule has 0 radical (unpaired) electrons. The van der Waals surface area contributed by atoms with E-state index in [1.54, 1.807) is 6.08 Å². The lowest BCUT2D eigenvalue weighted by Gasteiger charge is -2.36. The Bertz CT molecular complexity index is 1090. The van der Waals surface area contributed by atoms with Gasteiger partial charge in [-0.15, -0.1) is 0 Å². The van der Waals surface area contributed by atoms with Gasteiger partial charge in [0.25, 0.3) is 5.91 Å². The normalized spacial score (nSPS) is 24.4. The van der Waals surface area contributed by atoms with Gasteiger partial charge in [0.15, 0.2) is 11.6 Å². The maximum absolute atomic E-state index is 16.1. The fraction of sp³-hybridized carbons (Fsp3) is 0.600. The van der Waals surface area contributed by atoms with Crippen LogP contribution < -0.4 is 15.4 Å². The molecule has 6 nitrogen and oxygen atoms in total. The fourth-order valence-corrected chi connectivity index (χ4v) is 5.56. The SMILES string of the molecule is CCC(F)(CC)CN1CCC(COc2ccc(C3=CC=CCC3(F)C(=O)NC(=O)C3CCCN3)cc2F)CC1. The highest BCUT2D eigenvalue weighted by molar-refractivity contribution is 6.08. The molecular weight excluding hydrogens is 507 g/mol. The number of carbonyl (C=O) groups excluding carboxylic acids is 2. The first-order valence-corrected chi connectivity index (χ1v) is 14.2. The van der Waals surface area contributed by atoms with Crippen molar-refractivity contribution in [3.05, 3.63) is 47.8 Å². The number of piperidine rings is 1. The van der Waals surface area contributed by atoms with Crippen LogP contribution in [0, 0.1) is 11.7 Å². The van der Waals surface area contributed by atoms with E-state index in [0.717, 1.165) is 32.4 Å². The summed E-state index contributed by atoms with van der Waals surface area (Å²) >= 11 is 0. The van der Waals surface area contributed by atoms with Gasteiger partial charge in [-0.25, -0.2) is 13.2 Å². The molecule has 2 heterocycles. The van der Waals surface area contributed by atoms with Crippen LogP contribution >= 0.6 is 0 Å². The Kier molecular flexibility index (Phi) is 9.54. The van der Waals surface area contributed by atoms with Crippen molar-refractivity contribution < 1.29 is 27.5 Å². The molecule has 2 fully saturated rings. The first kappa shape index (κ1) is 29.3. The van der Waals surface area contributed by atoms with Gasteiger partial charge < -0.3 is 15.0 Å². The largest absolute Gasteiger partial charge is 0.490 e. The van der Waals surface area contributed by atoms with Crippen molar-refractivity contribution in [1.82, 2.24) is 15.5 Å². The number of allylic oxidation sites excluding steroid dienone is 3. The molecule has 0 saturated carbocycles. The molecule has 2 atom stereocenters. The standard InChI is InChI=1S/C30H40F3N3O3/c1-3-29(32,4-2)20-36-16-12-21(13-17-36)19-39-26-11-10-22(18-24(26)31)23-8-5-6-14-30(23,33)28(38)35-27(37)25-9-7-15-34-25/h5-6,8,10-11,18,21,25,34H,3-4,7,9,12-17,19-20H2,1-2H3,(H,35,37,38). The van der Waals surface area contributed by atoms with Crippen molar-refractivity contribution in [2.45, 2.75) is 76.2 Å². The number of benzene rings is 1. The first-order valence-electron chi connectivity index (χ1n) is 14.2. The summed E-state index contributed by atoms with van der Waals surface area (Å²) in [6.07, 6.45) is 8.39. The zero-order chi connectivity index (χ0) is 28.0. The second kappa shape index (κ2) is 12.7. The second-order valence-electron chi connectivity index (χ2n) is 11.0. The third-order valence-corrected chi connectivity index (χ3v) is 8.40. The van der Waals surface area contributed by atoms with Crippen molar-refractivity contribution in [2.75, 3.05) is 32.8 Å². The van der Waals surface area contributed by atoms with Gasteiger partial charge in [-0.1, -0.05) is 38.1 Å². The van der Waals surface area contributed by atoms with E-state index in [2.05, 4.69) is 15.5 Å². The van der Waals surface area contributed by atoms with E-state index in [9.17, 15) is 14.0 Å². The number of hydrogen-bond acceptors (Lipinski definition) is 5. The molecule has 2 amide bonds. The zero-order valence-corrected chi connectivity index (χ0v) is 22.9. The Morgan fingerprint density at radius 1 is 1.21 bits per heavy atom. The minimum absolute atomic E-state index is 0.00407. The Labute approximate surface area is 229 Å². The number of carbonyl (C=O) groups is 2. The summed E-state index contributed by atoms with van der Waals surface area (Å²) < 4.78 is 51.7. The smallest absolute Gasteiger partial charge is 0.269 e. The highest BCUT2D eigenvalue weighted by atomic mass is 19.1. The summed E-state index contributed by atoms with van der Waals surface area (Å²) in [6, 6.07) is 3.63. The minimum Gasteiger partial charge on any atom is -0.490 e. The molecule has 4 rings (SSSR count). The van der Waals surface area contributed by atoms with E-state index < -0.39 is 35.0 Å². The summed E-state index contributed by atoms with van der Waals surface area (Å²) in [6.45, 7) is 6.77. The molecule has 2 N–H and O–H groups in total. The predicted octanol–water partition coefficient (Wildman–Crippen LogP) is 4.89. The summed E-state index contributed by atoms with van der Waals surface area (Å²) in [7, 11) is 0. The minimum atomic E-state index is -2.50. The van der Waals surface area contributed by atoms with E-state index in [-0.39, 0.29) is 29.2 Å². The van der Waals surface area contributed by atoms with Gasteiger partial charge in [0, 0.05) is 18.5 Å². The van der Waals surface area contributed by atoms with E-state index in [1.807, 2.05) is 13.8 Å². The molecule has 2 aliphatic heterocycles. The Balaban J connectivity index is 1.35. The summed E-state index contributed by atoms with van der Waals surface area (Å²) in [5, 5.41) is 5.19. The van der Waals surface area contributed by atoms with Crippen molar-refractivity contribution in [3.8, 4) is 5.75 Å². The van der Waals surface area contributed by atoms with Gasteiger partial charge in [-0.05, 0) is 81.8 Å². The van der Waals surface area contributed by atoms with Crippen molar-refractivity contribution >= 4 is 17.4 Å². The molecule has 2 unspecified atom stereocenters. The molecule has 214 valence electrons. The van der Waals surface area contributed by atoms with Crippen LogP contribution in [0.15, 0.2) is 36.4 Å². The molecule has 1 aliphatic carbocycles. The van der Waals surface area contributed by atoms with Crippen LogP contribution in [0.1, 0.15) is 64.4 Å². The number of hydrogen-bond donors (Lipinski definition) is 2.